The van der Waals surface area contributed by atoms with E-state index >= 15 is 0 Å². The Morgan fingerprint density at radius 3 is 2.81 bits per heavy atom. The van der Waals surface area contributed by atoms with Crippen LogP contribution in [0.5, 0.6) is 5.75 Å². The summed E-state index contributed by atoms with van der Waals surface area (Å²) in [4.78, 5) is 23.0. The molecule has 1 heterocycles. The molecular weight excluding hydrogens is 368 g/mol. The molecule has 9 heteroatoms. The molecule has 0 aliphatic rings. The molecule has 1 aromatic heterocycles. The van der Waals surface area contributed by atoms with Crippen LogP contribution in [0.4, 0.5) is 5.69 Å². The Labute approximate surface area is 159 Å². The summed E-state index contributed by atoms with van der Waals surface area (Å²) in [6.45, 7) is 1.64. The van der Waals surface area contributed by atoms with E-state index in [2.05, 4.69) is 10.2 Å². The number of hydrogen-bond acceptors (Lipinski definition) is 7. The molecule has 27 heavy (non-hydrogen) atoms. The molecule has 8 nitrogen and oxygen atoms in total. The predicted octanol–water partition coefficient (Wildman–Crippen LogP) is 3.47. The van der Waals surface area contributed by atoms with Crippen molar-refractivity contribution >= 4 is 23.2 Å². The standard InChI is InChI=1S/C18H16N4O4S/c1-12-7-8-13(9-15(12)22(24)25)16(23)10-27-18-20-19-11-21(18)14-5-3-4-6-17(14)26-2/h3-9,11H,10H2,1-2H3. The number of nitrogens with zero attached hydrogens (tertiary/aromatic N) is 4. The fraction of sp³-hybridized carbons (Fsp3) is 0.167. The number of hydrogen-bond donors (Lipinski definition) is 0. The highest BCUT2D eigenvalue weighted by molar-refractivity contribution is 7.99. The molecule has 0 amide bonds. The van der Waals surface area contributed by atoms with E-state index in [1.807, 2.05) is 24.3 Å². The summed E-state index contributed by atoms with van der Waals surface area (Å²) >= 11 is 1.20. The van der Waals surface area contributed by atoms with Gasteiger partial charge >= 0.3 is 0 Å². The van der Waals surface area contributed by atoms with Crippen molar-refractivity contribution in [1.82, 2.24) is 14.8 Å². The summed E-state index contributed by atoms with van der Waals surface area (Å²) < 4.78 is 7.08. The van der Waals surface area contributed by atoms with Crippen LogP contribution in [-0.4, -0.2) is 38.3 Å². The maximum atomic E-state index is 12.5. The zero-order chi connectivity index (χ0) is 19.4. The molecule has 0 bridgehead atoms. The van der Waals surface area contributed by atoms with Gasteiger partial charge in [-0.3, -0.25) is 19.5 Å². The van der Waals surface area contributed by atoms with Crippen molar-refractivity contribution in [2.24, 2.45) is 0 Å². The number of Topliss-reactive ketones (excluding diaryl/α,β-unsaturated/α-hetero) is 1. The van der Waals surface area contributed by atoms with E-state index in [9.17, 15) is 14.9 Å². The molecule has 0 fully saturated rings. The number of rotatable bonds is 7. The summed E-state index contributed by atoms with van der Waals surface area (Å²) in [5.41, 5.74) is 1.50. The van der Waals surface area contributed by atoms with E-state index in [-0.39, 0.29) is 17.2 Å². The number of ether oxygens (including phenoxy) is 1. The lowest BCUT2D eigenvalue weighted by Gasteiger charge is -2.10. The molecule has 0 spiro atoms. The smallest absolute Gasteiger partial charge is 0.273 e. The van der Waals surface area contributed by atoms with Crippen LogP contribution in [-0.2, 0) is 0 Å². The normalized spacial score (nSPS) is 10.6. The van der Waals surface area contributed by atoms with Crippen molar-refractivity contribution in [2.75, 3.05) is 12.9 Å². The van der Waals surface area contributed by atoms with Crippen LogP contribution in [0.15, 0.2) is 53.9 Å². The summed E-state index contributed by atoms with van der Waals surface area (Å²) in [6, 6.07) is 11.9. The fourth-order valence-electron chi connectivity index (χ4n) is 2.51. The lowest BCUT2D eigenvalue weighted by Crippen LogP contribution is -2.06. The maximum Gasteiger partial charge on any atom is 0.273 e. The third kappa shape index (κ3) is 3.98. The zero-order valence-corrected chi connectivity index (χ0v) is 15.5. The minimum absolute atomic E-state index is 0.0666. The van der Waals surface area contributed by atoms with Gasteiger partial charge in [0.1, 0.15) is 12.1 Å². The molecule has 0 radical (unpaired) electrons. The summed E-state index contributed by atoms with van der Waals surface area (Å²) in [5.74, 6) is 0.506. The van der Waals surface area contributed by atoms with Crippen molar-refractivity contribution < 1.29 is 14.5 Å². The summed E-state index contributed by atoms with van der Waals surface area (Å²) in [5, 5.41) is 19.5. The Morgan fingerprint density at radius 2 is 2.07 bits per heavy atom. The predicted molar refractivity (Wildman–Crippen MR) is 101 cm³/mol. The van der Waals surface area contributed by atoms with Gasteiger partial charge in [-0.25, -0.2) is 0 Å². The first kappa shape index (κ1) is 18.6. The van der Waals surface area contributed by atoms with Crippen LogP contribution >= 0.6 is 11.8 Å². The molecule has 0 N–H and O–H groups in total. The van der Waals surface area contributed by atoms with Gasteiger partial charge in [-0.05, 0) is 19.1 Å². The van der Waals surface area contributed by atoms with E-state index in [4.69, 9.17) is 4.74 Å². The van der Waals surface area contributed by atoms with Crippen LogP contribution < -0.4 is 4.74 Å². The minimum atomic E-state index is -0.489. The zero-order valence-electron chi connectivity index (χ0n) is 14.7. The number of carbonyl (C=O) groups excluding carboxylic acids is 1. The van der Waals surface area contributed by atoms with Crippen LogP contribution in [0, 0.1) is 17.0 Å². The maximum absolute atomic E-state index is 12.5. The van der Waals surface area contributed by atoms with E-state index in [1.54, 1.807) is 37.1 Å². The van der Waals surface area contributed by atoms with Gasteiger partial charge < -0.3 is 4.74 Å². The van der Waals surface area contributed by atoms with E-state index in [1.165, 1.54) is 17.8 Å². The molecule has 0 aliphatic heterocycles. The van der Waals surface area contributed by atoms with Gasteiger partial charge in [0.2, 0.25) is 0 Å². The highest BCUT2D eigenvalue weighted by atomic mass is 32.2. The molecule has 138 valence electrons. The summed E-state index contributed by atoms with van der Waals surface area (Å²) in [7, 11) is 1.57. The quantitative estimate of drug-likeness (QED) is 0.266. The minimum Gasteiger partial charge on any atom is -0.495 e. The number of thioether (sulfide) groups is 1. The number of aryl methyl sites for hydroxylation is 1. The number of nitro groups is 1. The Hall–Kier alpha value is -3.20. The van der Waals surface area contributed by atoms with Gasteiger partial charge in [-0.1, -0.05) is 36.0 Å². The van der Waals surface area contributed by atoms with E-state index < -0.39 is 4.92 Å². The highest BCUT2D eigenvalue weighted by Crippen LogP contribution is 2.27. The van der Waals surface area contributed by atoms with Crippen LogP contribution in [0.1, 0.15) is 15.9 Å². The second-order valence-electron chi connectivity index (χ2n) is 5.63. The number of nitro benzene ring substituents is 1. The van der Waals surface area contributed by atoms with Crippen molar-refractivity contribution in [3.8, 4) is 11.4 Å². The van der Waals surface area contributed by atoms with Crippen LogP contribution in [0.3, 0.4) is 0 Å². The number of methoxy groups -OCH3 is 1. The van der Waals surface area contributed by atoms with Crippen LogP contribution in [0.25, 0.3) is 5.69 Å². The molecule has 0 aliphatic carbocycles. The second-order valence-corrected chi connectivity index (χ2v) is 6.57. The first-order chi connectivity index (χ1) is 13.0. The lowest BCUT2D eigenvalue weighted by molar-refractivity contribution is -0.385. The number of ketones is 1. The number of carbonyl (C=O) groups is 1. The molecule has 2 aromatic carbocycles. The Balaban J connectivity index is 1.79. The number of aromatic nitrogens is 3. The highest BCUT2D eigenvalue weighted by Gasteiger charge is 2.17. The monoisotopic (exact) mass is 384 g/mol. The Morgan fingerprint density at radius 1 is 1.30 bits per heavy atom. The molecule has 0 unspecified atom stereocenters. The number of para-hydroxylation sites is 2. The molecular formula is C18H16N4O4S. The fourth-order valence-corrected chi connectivity index (χ4v) is 3.33. The topological polar surface area (TPSA) is 100 Å². The van der Waals surface area contributed by atoms with Gasteiger partial charge in [-0.15, -0.1) is 10.2 Å². The van der Waals surface area contributed by atoms with E-state index in [0.717, 1.165) is 5.69 Å². The molecule has 3 rings (SSSR count). The van der Waals surface area contributed by atoms with E-state index in [0.29, 0.717) is 22.0 Å². The van der Waals surface area contributed by atoms with Gasteiger partial charge in [0.25, 0.3) is 5.69 Å². The SMILES string of the molecule is COc1ccccc1-n1cnnc1SCC(=O)c1ccc(C)c([N+](=O)[O-])c1. The second kappa shape index (κ2) is 8.00. The molecule has 0 atom stereocenters. The van der Waals surface area contributed by atoms with Crippen molar-refractivity contribution in [2.45, 2.75) is 12.1 Å². The first-order valence-corrected chi connectivity index (χ1v) is 8.94. The molecule has 3 aromatic rings. The largest absolute Gasteiger partial charge is 0.495 e. The van der Waals surface area contributed by atoms with Gasteiger partial charge in [0, 0.05) is 17.2 Å². The van der Waals surface area contributed by atoms with Gasteiger partial charge in [-0.2, -0.15) is 0 Å². The average molecular weight is 384 g/mol. The van der Waals surface area contributed by atoms with Gasteiger partial charge in [0.15, 0.2) is 10.9 Å². The lowest BCUT2D eigenvalue weighted by atomic mass is 10.1. The third-order valence-electron chi connectivity index (χ3n) is 3.92. The Bertz CT molecular complexity index is 1000. The molecule has 0 saturated carbocycles. The van der Waals surface area contributed by atoms with Crippen LogP contribution in [0.2, 0.25) is 0 Å². The number of benzene rings is 2. The summed E-state index contributed by atoms with van der Waals surface area (Å²) in [6.07, 6.45) is 1.54. The van der Waals surface area contributed by atoms with Gasteiger partial charge in [0.05, 0.1) is 23.5 Å². The van der Waals surface area contributed by atoms with Crippen molar-refractivity contribution in [1.29, 1.82) is 0 Å². The van der Waals surface area contributed by atoms with Crippen molar-refractivity contribution in [3.05, 3.63) is 70.0 Å². The average Bonchev–Trinajstić information content (AvgIpc) is 3.14. The Kier molecular flexibility index (Phi) is 5.51. The molecule has 0 saturated heterocycles. The first-order valence-electron chi connectivity index (χ1n) is 7.95. The van der Waals surface area contributed by atoms with Crippen molar-refractivity contribution in [3.63, 3.8) is 0 Å². The third-order valence-corrected chi connectivity index (χ3v) is 4.86.